The number of benzene rings is 1. The van der Waals surface area contributed by atoms with E-state index in [1.54, 1.807) is 0 Å². The normalized spacial score (nSPS) is 13.5. The van der Waals surface area contributed by atoms with Crippen LogP contribution in [0.3, 0.4) is 0 Å². The number of phenols is 1. The summed E-state index contributed by atoms with van der Waals surface area (Å²) < 4.78 is 31.6. The van der Waals surface area contributed by atoms with E-state index >= 15 is 0 Å². The molecule has 7 heteroatoms. The Hall–Kier alpha value is -0.920. The zero-order chi connectivity index (χ0) is 13.2. The summed E-state index contributed by atoms with van der Waals surface area (Å²) in [6.07, 6.45) is 0. The van der Waals surface area contributed by atoms with Crippen molar-refractivity contribution in [3.8, 4) is 11.5 Å². The van der Waals surface area contributed by atoms with Gasteiger partial charge in [-0.05, 0) is 12.1 Å². The molecule has 0 aromatic heterocycles. The lowest BCUT2D eigenvalue weighted by Gasteiger charge is -2.24. The quantitative estimate of drug-likeness (QED) is 0.792. The number of halogens is 3. The number of aromatic hydroxyl groups is 1. The molecule has 1 aromatic rings. The molecule has 0 radical (unpaired) electrons. The van der Waals surface area contributed by atoms with Gasteiger partial charge in [0.15, 0.2) is 11.5 Å². The van der Waals surface area contributed by atoms with Crippen LogP contribution in [0.2, 0.25) is 0 Å². The van der Waals surface area contributed by atoms with Crippen LogP contribution in [-0.2, 0) is 0 Å². The van der Waals surface area contributed by atoms with Gasteiger partial charge in [-0.2, -0.15) is 0 Å². The van der Waals surface area contributed by atoms with Gasteiger partial charge < -0.3 is 20.7 Å². The molecule has 0 saturated heterocycles. The Labute approximate surface area is 105 Å². The molecule has 4 nitrogen and oxygen atoms in total. The topological polar surface area (TPSA) is 75.7 Å². The number of hydrogen-bond acceptors (Lipinski definition) is 4. The third-order valence-electron chi connectivity index (χ3n) is 2.32. The van der Waals surface area contributed by atoms with Gasteiger partial charge in [0.2, 0.25) is 0 Å². The average Bonchev–Trinajstić information content (AvgIpc) is 2.29. The first-order chi connectivity index (χ1) is 7.85. The average molecular weight is 312 g/mol. The van der Waals surface area contributed by atoms with Gasteiger partial charge in [0.25, 0.3) is 5.92 Å². The number of methoxy groups -OCH3 is 1. The Balaban J connectivity index is 3.30. The number of aliphatic hydroxyl groups excluding tert-OH is 1. The maximum Gasteiger partial charge on any atom is 0.289 e. The predicted octanol–water partition coefficient (Wildman–Crippen LogP) is 1.79. The lowest BCUT2D eigenvalue weighted by Crippen LogP contribution is -2.36. The summed E-state index contributed by atoms with van der Waals surface area (Å²) in [4.78, 5) is 0. The van der Waals surface area contributed by atoms with Crippen LogP contribution >= 0.6 is 15.9 Å². The van der Waals surface area contributed by atoms with Crippen LogP contribution < -0.4 is 10.5 Å². The molecule has 0 amide bonds. The van der Waals surface area contributed by atoms with E-state index in [4.69, 9.17) is 15.6 Å². The summed E-state index contributed by atoms with van der Waals surface area (Å²) in [5.74, 6) is -3.97. The predicted molar refractivity (Wildman–Crippen MR) is 61.3 cm³/mol. The van der Waals surface area contributed by atoms with E-state index in [1.807, 2.05) is 0 Å². The Kier molecular flexibility index (Phi) is 4.29. The van der Waals surface area contributed by atoms with Gasteiger partial charge in [0, 0.05) is 10.0 Å². The standard InChI is InChI=1S/C10H12BrF2NO3/c1-17-6-3-2-5(11)7(8(6)16)9(14)10(12,13)4-15/h2-3,9,15-16H,4,14H2,1H3/t9-/m0/s1. The fraction of sp³-hybridized carbons (Fsp3) is 0.400. The highest BCUT2D eigenvalue weighted by molar-refractivity contribution is 9.10. The van der Waals surface area contributed by atoms with Gasteiger partial charge in [0.1, 0.15) is 12.6 Å². The summed E-state index contributed by atoms with van der Waals surface area (Å²) in [7, 11) is 1.29. The Morgan fingerprint density at radius 1 is 1.53 bits per heavy atom. The number of aliphatic hydroxyl groups is 1. The van der Waals surface area contributed by atoms with Crippen LogP contribution in [0.4, 0.5) is 8.78 Å². The minimum atomic E-state index is -3.54. The van der Waals surface area contributed by atoms with Crippen LogP contribution in [0.1, 0.15) is 11.6 Å². The lowest BCUT2D eigenvalue weighted by molar-refractivity contribution is -0.0717. The molecule has 17 heavy (non-hydrogen) atoms. The van der Waals surface area contributed by atoms with Gasteiger partial charge in [-0.25, -0.2) is 8.78 Å². The molecular formula is C10H12BrF2NO3. The zero-order valence-corrected chi connectivity index (χ0v) is 10.5. The Morgan fingerprint density at radius 2 is 2.12 bits per heavy atom. The third-order valence-corrected chi connectivity index (χ3v) is 3.02. The number of hydrogen-bond donors (Lipinski definition) is 3. The summed E-state index contributed by atoms with van der Waals surface area (Å²) in [5, 5.41) is 18.3. The van der Waals surface area contributed by atoms with Crippen molar-refractivity contribution in [3.63, 3.8) is 0 Å². The van der Waals surface area contributed by atoms with Gasteiger partial charge in [-0.15, -0.1) is 0 Å². The maximum atomic E-state index is 13.3. The van der Waals surface area contributed by atoms with E-state index in [0.717, 1.165) is 0 Å². The molecule has 0 bridgehead atoms. The van der Waals surface area contributed by atoms with Gasteiger partial charge in [-0.1, -0.05) is 15.9 Å². The minimum Gasteiger partial charge on any atom is -0.504 e. The van der Waals surface area contributed by atoms with Gasteiger partial charge in [-0.3, -0.25) is 0 Å². The molecule has 0 heterocycles. The molecule has 0 aliphatic heterocycles. The molecule has 0 fully saturated rings. The molecule has 96 valence electrons. The van der Waals surface area contributed by atoms with E-state index in [0.29, 0.717) is 0 Å². The summed E-state index contributed by atoms with van der Waals surface area (Å²) in [6, 6.07) is 1.01. The number of ether oxygens (including phenoxy) is 1. The van der Waals surface area contributed by atoms with E-state index in [9.17, 15) is 13.9 Å². The van der Waals surface area contributed by atoms with E-state index in [2.05, 4.69) is 15.9 Å². The van der Waals surface area contributed by atoms with E-state index in [1.165, 1.54) is 19.2 Å². The number of alkyl halides is 2. The second-order valence-electron chi connectivity index (χ2n) is 3.41. The van der Waals surface area contributed by atoms with Crippen molar-refractivity contribution in [3.05, 3.63) is 22.2 Å². The molecule has 1 rings (SSSR count). The smallest absolute Gasteiger partial charge is 0.289 e. The molecular weight excluding hydrogens is 300 g/mol. The molecule has 0 unspecified atom stereocenters. The first kappa shape index (κ1) is 14.1. The SMILES string of the molecule is COc1ccc(Br)c([C@H](N)C(F)(F)CO)c1O. The van der Waals surface area contributed by atoms with Crippen molar-refractivity contribution in [1.29, 1.82) is 0 Å². The molecule has 0 saturated carbocycles. The maximum absolute atomic E-state index is 13.3. The minimum absolute atomic E-state index is 0.0346. The number of rotatable bonds is 4. The summed E-state index contributed by atoms with van der Waals surface area (Å²) >= 11 is 3.02. The van der Waals surface area contributed by atoms with Crippen LogP contribution in [0.15, 0.2) is 16.6 Å². The first-order valence-electron chi connectivity index (χ1n) is 4.64. The zero-order valence-electron chi connectivity index (χ0n) is 8.95. The van der Waals surface area contributed by atoms with Crippen LogP contribution in [0.5, 0.6) is 11.5 Å². The van der Waals surface area contributed by atoms with E-state index < -0.39 is 24.3 Å². The molecule has 0 aliphatic carbocycles. The summed E-state index contributed by atoms with van der Waals surface area (Å²) in [6.45, 7) is -1.41. The number of phenolic OH excluding ortho intramolecular Hbond substituents is 1. The molecule has 4 N–H and O–H groups in total. The first-order valence-corrected chi connectivity index (χ1v) is 5.44. The fourth-order valence-electron chi connectivity index (χ4n) is 1.33. The van der Waals surface area contributed by atoms with Gasteiger partial charge in [0.05, 0.1) is 7.11 Å². The van der Waals surface area contributed by atoms with Crippen molar-refractivity contribution in [1.82, 2.24) is 0 Å². The van der Waals surface area contributed by atoms with E-state index in [-0.39, 0.29) is 15.8 Å². The fourth-order valence-corrected chi connectivity index (χ4v) is 1.90. The second-order valence-corrected chi connectivity index (χ2v) is 4.26. The van der Waals surface area contributed by atoms with Crippen molar-refractivity contribution < 1.29 is 23.7 Å². The highest BCUT2D eigenvalue weighted by Crippen LogP contribution is 2.42. The molecule has 0 spiro atoms. The van der Waals surface area contributed by atoms with Crippen LogP contribution in [0.25, 0.3) is 0 Å². The number of nitrogens with two attached hydrogens (primary N) is 1. The lowest BCUT2D eigenvalue weighted by atomic mass is 10.0. The largest absolute Gasteiger partial charge is 0.504 e. The Bertz CT molecular complexity index is 415. The summed E-state index contributed by atoms with van der Waals surface area (Å²) in [5.41, 5.74) is 5.15. The van der Waals surface area contributed by atoms with Crippen LogP contribution in [-0.4, -0.2) is 29.9 Å². The molecule has 0 aliphatic rings. The third kappa shape index (κ3) is 2.67. The second kappa shape index (κ2) is 5.16. The highest BCUT2D eigenvalue weighted by Gasteiger charge is 2.40. The van der Waals surface area contributed by atoms with Crippen molar-refractivity contribution in [2.45, 2.75) is 12.0 Å². The highest BCUT2D eigenvalue weighted by atomic mass is 79.9. The van der Waals surface area contributed by atoms with Crippen LogP contribution in [0, 0.1) is 0 Å². The van der Waals surface area contributed by atoms with Crippen molar-refractivity contribution in [2.24, 2.45) is 5.73 Å². The molecule has 1 aromatic carbocycles. The Morgan fingerprint density at radius 3 is 2.59 bits per heavy atom. The van der Waals surface area contributed by atoms with Crippen molar-refractivity contribution in [2.75, 3.05) is 13.7 Å². The van der Waals surface area contributed by atoms with Crippen molar-refractivity contribution >= 4 is 15.9 Å². The molecule has 1 atom stereocenters. The monoisotopic (exact) mass is 311 g/mol. The van der Waals surface area contributed by atoms with Gasteiger partial charge >= 0.3 is 0 Å².